The van der Waals surface area contributed by atoms with Crippen molar-refractivity contribution >= 4 is 11.5 Å². The quantitative estimate of drug-likeness (QED) is 0.575. The van der Waals surface area contributed by atoms with Crippen LogP contribution in [0.3, 0.4) is 0 Å². The number of aryl methyl sites for hydroxylation is 1. The Morgan fingerprint density at radius 2 is 1.96 bits per heavy atom. The van der Waals surface area contributed by atoms with Crippen LogP contribution >= 0.6 is 0 Å². The molecule has 0 unspecified atom stereocenters. The maximum Gasteiger partial charge on any atom is 0.145 e. The van der Waals surface area contributed by atoms with Gasteiger partial charge in [-0.1, -0.05) is 13.0 Å². The summed E-state index contributed by atoms with van der Waals surface area (Å²) in [6, 6.07) is 10.5. The largest absolute Gasteiger partial charge is 0.493 e. The molecule has 0 spiro atoms. The molecule has 28 heavy (non-hydrogen) atoms. The first-order valence-corrected chi connectivity index (χ1v) is 9.43. The van der Waals surface area contributed by atoms with Crippen LogP contribution in [-0.2, 0) is 12.8 Å². The summed E-state index contributed by atoms with van der Waals surface area (Å²) >= 11 is 0. The van der Waals surface area contributed by atoms with Crippen LogP contribution in [0.5, 0.6) is 5.75 Å². The minimum atomic E-state index is -0.263. The van der Waals surface area contributed by atoms with Crippen molar-refractivity contribution in [2.45, 2.75) is 32.1 Å². The van der Waals surface area contributed by atoms with Crippen molar-refractivity contribution in [2.24, 2.45) is 0 Å². The standard InChI is InChI=1S/C22H23FN4O/c1-13-2-6-19-22(25)26-12-20(27-19)18-11-16(24)5-3-14(18)8-9-28-21-7-4-15(23)10-17(13)21/h3-5,7,10-13H,2,6,8-9,24H2,1H3,(H2,25,26)/t13-/m0/s1. The molecule has 0 aliphatic carbocycles. The van der Waals surface area contributed by atoms with Crippen LogP contribution in [0.2, 0.25) is 0 Å². The highest BCUT2D eigenvalue weighted by Gasteiger charge is 2.17. The lowest BCUT2D eigenvalue weighted by Crippen LogP contribution is -2.06. The van der Waals surface area contributed by atoms with Crippen LogP contribution in [-0.4, -0.2) is 16.6 Å². The second-order valence-corrected chi connectivity index (χ2v) is 7.22. The second kappa shape index (κ2) is 7.46. The van der Waals surface area contributed by atoms with E-state index in [9.17, 15) is 4.39 Å². The Hall–Kier alpha value is -3.15. The molecular formula is C22H23FN4O. The van der Waals surface area contributed by atoms with E-state index < -0.39 is 0 Å². The number of nitrogens with two attached hydrogens (primary N) is 2. The highest BCUT2D eigenvalue weighted by Crippen LogP contribution is 2.33. The van der Waals surface area contributed by atoms with E-state index in [1.165, 1.54) is 6.07 Å². The molecule has 2 heterocycles. The van der Waals surface area contributed by atoms with Crippen LogP contribution in [0.1, 0.15) is 36.1 Å². The molecule has 0 saturated heterocycles. The molecule has 0 radical (unpaired) electrons. The topological polar surface area (TPSA) is 87.0 Å². The van der Waals surface area contributed by atoms with E-state index in [-0.39, 0.29) is 11.7 Å². The molecule has 0 fully saturated rings. The van der Waals surface area contributed by atoms with Gasteiger partial charge in [0.05, 0.1) is 24.2 Å². The van der Waals surface area contributed by atoms with Crippen molar-refractivity contribution in [3.63, 3.8) is 0 Å². The van der Waals surface area contributed by atoms with Gasteiger partial charge >= 0.3 is 0 Å². The van der Waals surface area contributed by atoms with Crippen molar-refractivity contribution in [1.29, 1.82) is 0 Å². The number of halogens is 1. The molecule has 0 amide bonds. The minimum Gasteiger partial charge on any atom is -0.493 e. The summed E-state index contributed by atoms with van der Waals surface area (Å²) < 4.78 is 19.9. The van der Waals surface area contributed by atoms with Crippen molar-refractivity contribution < 1.29 is 9.13 Å². The number of anilines is 2. The lowest BCUT2D eigenvalue weighted by Gasteiger charge is -2.17. The maximum absolute atomic E-state index is 13.9. The number of aromatic nitrogens is 2. The number of ether oxygens (including phenoxy) is 1. The molecule has 1 aliphatic rings. The number of hydrogen-bond acceptors (Lipinski definition) is 5. The Bertz CT molecular complexity index is 1020. The van der Waals surface area contributed by atoms with Crippen molar-refractivity contribution in [1.82, 2.24) is 9.97 Å². The number of benzene rings is 2. The minimum absolute atomic E-state index is 0.0920. The summed E-state index contributed by atoms with van der Waals surface area (Å²) in [7, 11) is 0. The third kappa shape index (κ3) is 3.63. The predicted molar refractivity (Wildman–Crippen MR) is 109 cm³/mol. The number of hydrogen-bond donors (Lipinski definition) is 2. The maximum atomic E-state index is 13.9. The number of nitrogen functional groups attached to an aromatic ring is 2. The molecule has 2 bridgehead atoms. The van der Waals surface area contributed by atoms with Crippen molar-refractivity contribution in [3.05, 3.63) is 65.2 Å². The Morgan fingerprint density at radius 1 is 1.11 bits per heavy atom. The number of nitrogens with zero attached hydrogens (tertiary/aromatic N) is 2. The third-order valence-electron chi connectivity index (χ3n) is 5.23. The highest BCUT2D eigenvalue weighted by atomic mass is 19.1. The Labute approximate surface area is 163 Å². The summed E-state index contributed by atoms with van der Waals surface area (Å²) in [4.78, 5) is 9.12. The van der Waals surface area contributed by atoms with Crippen LogP contribution in [0.15, 0.2) is 42.6 Å². The zero-order chi connectivity index (χ0) is 19.7. The van der Waals surface area contributed by atoms with Crippen molar-refractivity contribution in [2.75, 3.05) is 18.1 Å². The highest BCUT2D eigenvalue weighted by molar-refractivity contribution is 5.68. The van der Waals surface area contributed by atoms with E-state index in [1.54, 1.807) is 18.3 Å². The molecule has 2 aromatic carbocycles. The van der Waals surface area contributed by atoms with Gasteiger partial charge in [0.15, 0.2) is 0 Å². The van der Waals surface area contributed by atoms with Crippen LogP contribution in [0.4, 0.5) is 15.9 Å². The average molecular weight is 378 g/mol. The zero-order valence-electron chi connectivity index (χ0n) is 15.8. The predicted octanol–water partition coefficient (Wildman–Crippen LogP) is 4.12. The zero-order valence-corrected chi connectivity index (χ0v) is 15.8. The fraction of sp³-hybridized carbons (Fsp3) is 0.273. The normalized spacial score (nSPS) is 16.6. The molecule has 1 aliphatic heterocycles. The Morgan fingerprint density at radius 3 is 2.82 bits per heavy atom. The average Bonchev–Trinajstić information content (AvgIpc) is 2.69. The molecule has 1 atom stereocenters. The summed E-state index contributed by atoms with van der Waals surface area (Å²) in [5.74, 6) is 0.970. The van der Waals surface area contributed by atoms with Gasteiger partial charge in [-0.2, -0.15) is 0 Å². The molecule has 1 aromatic heterocycles. The van der Waals surface area contributed by atoms with Crippen molar-refractivity contribution in [3.8, 4) is 17.0 Å². The van der Waals surface area contributed by atoms with E-state index in [4.69, 9.17) is 21.2 Å². The Balaban J connectivity index is 1.80. The van der Waals surface area contributed by atoms with Gasteiger partial charge in [0.2, 0.25) is 0 Å². The first-order valence-electron chi connectivity index (χ1n) is 9.43. The first-order chi connectivity index (χ1) is 13.5. The molecule has 3 aromatic rings. The Kier molecular flexibility index (Phi) is 4.86. The van der Waals surface area contributed by atoms with Crippen LogP contribution in [0, 0.1) is 5.82 Å². The smallest absolute Gasteiger partial charge is 0.145 e. The lowest BCUT2D eigenvalue weighted by atomic mass is 9.94. The molecule has 4 rings (SSSR count). The van der Waals surface area contributed by atoms with Gasteiger partial charge in [-0.3, -0.25) is 0 Å². The summed E-state index contributed by atoms with van der Waals surface area (Å²) in [5.41, 5.74) is 17.1. The number of rotatable bonds is 0. The fourth-order valence-electron chi connectivity index (χ4n) is 3.62. The molecule has 5 nitrogen and oxygen atoms in total. The van der Waals surface area contributed by atoms with E-state index in [1.807, 2.05) is 18.2 Å². The van der Waals surface area contributed by atoms with Gasteiger partial charge in [0.25, 0.3) is 0 Å². The number of fused-ring (bicyclic) bond motifs is 5. The third-order valence-corrected chi connectivity index (χ3v) is 5.23. The first kappa shape index (κ1) is 18.2. The van der Waals surface area contributed by atoms with E-state index in [2.05, 4.69) is 11.9 Å². The monoisotopic (exact) mass is 378 g/mol. The van der Waals surface area contributed by atoms with Gasteiger partial charge in [-0.15, -0.1) is 0 Å². The van der Waals surface area contributed by atoms with E-state index in [0.29, 0.717) is 31.0 Å². The SMILES string of the molecule is C[C@H]1CCc2nc(cnc2N)-c2cc(N)ccc2CCOc2ccc(F)cc21. The van der Waals surface area contributed by atoms with Crippen LogP contribution < -0.4 is 16.2 Å². The van der Waals surface area contributed by atoms with Gasteiger partial charge < -0.3 is 16.2 Å². The molecule has 0 saturated carbocycles. The van der Waals surface area contributed by atoms with E-state index >= 15 is 0 Å². The van der Waals surface area contributed by atoms with Gasteiger partial charge in [-0.05, 0) is 60.2 Å². The van der Waals surface area contributed by atoms with Gasteiger partial charge in [0.1, 0.15) is 17.4 Å². The van der Waals surface area contributed by atoms with Crippen LogP contribution in [0.25, 0.3) is 11.3 Å². The molecule has 6 heteroatoms. The fourth-order valence-corrected chi connectivity index (χ4v) is 3.62. The summed E-state index contributed by atoms with van der Waals surface area (Å²) in [6.45, 7) is 2.53. The summed E-state index contributed by atoms with van der Waals surface area (Å²) in [6.07, 6.45) is 3.75. The van der Waals surface area contributed by atoms with Gasteiger partial charge in [-0.25, -0.2) is 14.4 Å². The van der Waals surface area contributed by atoms with Gasteiger partial charge in [0, 0.05) is 17.7 Å². The second-order valence-electron chi connectivity index (χ2n) is 7.22. The summed E-state index contributed by atoms with van der Waals surface area (Å²) in [5, 5.41) is 0. The molecular weight excluding hydrogens is 355 g/mol. The molecule has 144 valence electrons. The van der Waals surface area contributed by atoms with E-state index in [0.717, 1.165) is 40.2 Å². The molecule has 4 N–H and O–H groups in total. The lowest BCUT2D eigenvalue weighted by molar-refractivity contribution is 0.316.